The second-order valence-corrected chi connectivity index (χ2v) is 17.5. The lowest BCUT2D eigenvalue weighted by Crippen LogP contribution is -2.13. The molecule has 11 aromatic rings. The lowest BCUT2D eigenvalue weighted by molar-refractivity contribution is 0.224. The zero-order valence-corrected chi connectivity index (χ0v) is 36.9. The number of rotatable bonds is 8. The topological polar surface area (TPSA) is 52.8 Å². The average molecular weight is 871 g/mol. The Morgan fingerprint density at radius 1 is 0.368 bits per heavy atom. The molecule has 68 heavy (non-hydrogen) atoms. The Hall–Kier alpha value is -8.93. The van der Waals surface area contributed by atoms with Crippen LogP contribution >= 0.6 is 0 Å². The second kappa shape index (κ2) is 16.5. The van der Waals surface area contributed by atoms with Gasteiger partial charge in [0.05, 0.1) is 11.2 Å². The number of fused-ring (bicyclic) bond motifs is 7. The minimum absolute atomic E-state index is 0.00279. The molecule has 0 N–H and O–H groups in total. The van der Waals surface area contributed by atoms with Crippen molar-refractivity contribution in [3.05, 3.63) is 253 Å². The Kier molecular flexibility index (Phi) is 9.57. The van der Waals surface area contributed by atoms with Gasteiger partial charge in [0.25, 0.3) is 0 Å². The van der Waals surface area contributed by atoms with Gasteiger partial charge in [0.1, 0.15) is 11.9 Å². The summed E-state index contributed by atoms with van der Waals surface area (Å²) in [5.41, 5.74) is 17.8. The zero-order valence-electron chi connectivity index (χ0n) is 36.9. The summed E-state index contributed by atoms with van der Waals surface area (Å²) in [6, 6.07) is 81.2. The van der Waals surface area contributed by atoms with E-state index in [1.807, 2.05) is 12.1 Å². The number of benzene rings is 9. The van der Waals surface area contributed by atoms with E-state index in [0.717, 1.165) is 67.2 Å². The molecule has 5 nitrogen and oxygen atoms in total. The van der Waals surface area contributed by atoms with Gasteiger partial charge in [-0.1, -0.05) is 200 Å². The van der Waals surface area contributed by atoms with Gasteiger partial charge in [0, 0.05) is 44.8 Å². The zero-order chi connectivity index (χ0) is 45.0. The van der Waals surface area contributed by atoms with E-state index in [2.05, 4.69) is 235 Å². The molecule has 0 fully saturated rings. The van der Waals surface area contributed by atoms with Gasteiger partial charge in [-0.15, -0.1) is 0 Å². The summed E-state index contributed by atoms with van der Waals surface area (Å²) in [4.78, 5) is 15.4. The third-order valence-electron chi connectivity index (χ3n) is 13.5. The average Bonchev–Trinajstić information content (AvgIpc) is 3.97. The molecule has 0 amide bonds. The van der Waals surface area contributed by atoms with Crippen LogP contribution in [0.15, 0.2) is 237 Å². The van der Waals surface area contributed by atoms with E-state index in [-0.39, 0.29) is 12.0 Å². The molecule has 0 bridgehead atoms. The van der Waals surface area contributed by atoms with Gasteiger partial charge in [-0.2, -0.15) is 0 Å². The monoisotopic (exact) mass is 870 g/mol. The first kappa shape index (κ1) is 39.4. The standard InChI is InChI=1S/C63H42N4O/c1-4-13-41(14-5-1)44-23-25-47(26-24-44)50-19-12-20-52(39-50)67-56-22-11-10-21-54(56)59-57(67)37-36-53-55-40-51(35-38-58(55)68-60(53)59)63-65-61(48-31-27-45(28-32-48)42-15-6-2-7-16-42)64-62(66-63)49-33-29-46(30-34-49)43-17-8-3-9-18-43/h1-40,53,60H. The highest BCUT2D eigenvalue weighted by Gasteiger charge is 2.40. The Labute approximate surface area is 395 Å². The Bertz CT molecular complexity index is 3570. The number of para-hydroxylation sites is 1. The highest BCUT2D eigenvalue weighted by molar-refractivity contribution is 5.92. The molecule has 1 aliphatic carbocycles. The maximum atomic E-state index is 6.99. The maximum Gasteiger partial charge on any atom is 0.164 e. The first-order valence-corrected chi connectivity index (χ1v) is 23.2. The first-order chi connectivity index (χ1) is 33.7. The molecule has 2 unspecified atom stereocenters. The Balaban J connectivity index is 0.861. The number of ether oxygens (including phenoxy) is 1. The van der Waals surface area contributed by atoms with Crippen molar-refractivity contribution in [2.75, 3.05) is 0 Å². The van der Waals surface area contributed by atoms with Gasteiger partial charge >= 0.3 is 0 Å². The van der Waals surface area contributed by atoms with Gasteiger partial charge in [0.2, 0.25) is 0 Å². The maximum absolute atomic E-state index is 6.99. The summed E-state index contributed by atoms with van der Waals surface area (Å²) >= 11 is 0. The van der Waals surface area contributed by atoms with Crippen LogP contribution in [0.2, 0.25) is 0 Å². The molecule has 13 rings (SSSR count). The quantitative estimate of drug-likeness (QED) is 0.153. The van der Waals surface area contributed by atoms with Crippen molar-refractivity contribution < 1.29 is 4.74 Å². The summed E-state index contributed by atoms with van der Waals surface area (Å²) in [6.07, 6.45) is 4.41. The van der Waals surface area contributed by atoms with E-state index >= 15 is 0 Å². The molecule has 5 heteroatoms. The Morgan fingerprint density at radius 2 is 0.809 bits per heavy atom. The highest BCUT2D eigenvalue weighted by atomic mass is 16.5. The molecule has 1 aliphatic heterocycles. The normalized spacial score (nSPS) is 14.5. The first-order valence-electron chi connectivity index (χ1n) is 23.2. The fraction of sp³-hybridized carbons (Fsp3) is 0.0317. The third kappa shape index (κ3) is 7.00. The summed E-state index contributed by atoms with van der Waals surface area (Å²) < 4.78 is 9.38. The van der Waals surface area contributed by atoms with Crippen molar-refractivity contribution in [1.29, 1.82) is 0 Å². The SMILES string of the molecule is C1=CC2c3cc(-c4nc(-c5ccc(-c6ccccc6)cc5)nc(-c5ccc(-c6ccccc6)cc5)n4)ccc3OC2c2c1n(-c1cccc(-c3ccc(-c4ccccc4)cc3)c1)c1ccccc21. The van der Waals surface area contributed by atoms with Crippen LogP contribution in [0.5, 0.6) is 5.75 Å². The third-order valence-corrected chi connectivity index (χ3v) is 13.5. The van der Waals surface area contributed by atoms with Crippen LogP contribution in [0.3, 0.4) is 0 Å². The molecule has 320 valence electrons. The molecule has 0 radical (unpaired) electrons. The van der Waals surface area contributed by atoms with Crippen LogP contribution in [0.25, 0.3) is 101 Å². The lowest BCUT2D eigenvalue weighted by Gasteiger charge is -2.22. The van der Waals surface area contributed by atoms with Crippen LogP contribution < -0.4 is 4.74 Å². The van der Waals surface area contributed by atoms with Gasteiger partial charge < -0.3 is 9.30 Å². The smallest absolute Gasteiger partial charge is 0.164 e. The van der Waals surface area contributed by atoms with E-state index in [1.165, 1.54) is 33.2 Å². The van der Waals surface area contributed by atoms with Crippen LogP contribution in [-0.2, 0) is 0 Å². The number of hydrogen-bond acceptors (Lipinski definition) is 4. The fourth-order valence-electron chi connectivity index (χ4n) is 10.1. The van der Waals surface area contributed by atoms with Crippen molar-refractivity contribution in [3.63, 3.8) is 0 Å². The van der Waals surface area contributed by atoms with Gasteiger partial charge in [-0.05, 0) is 87.0 Å². The van der Waals surface area contributed by atoms with Crippen LogP contribution in [0, 0.1) is 0 Å². The highest BCUT2D eigenvalue weighted by Crippen LogP contribution is 2.53. The summed E-state index contributed by atoms with van der Waals surface area (Å²) in [7, 11) is 0. The molecule has 2 aliphatic rings. The lowest BCUT2D eigenvalue weighted by atomic mass is 9.85. The van der Waals surface area contributed by atoms with E-state index in [9.17, 15) is 0 Å². The van der Waals surface area contributed by atoms with Crippen molar-refractivity contribution in [2.24, 2.45) is 0 Å². The summed E-state index contributed by atoms with van der Waals surface area (Å²) in [5, 5.41) is 1.19. The number of hydrogen-bond donors (Lipinski definition) is 0. The molecule has 0 saturated heterocycles. The van der Waals surface area contributed by atoms with Crippen molar-refractivity contribution in [2.45, 2.75) is 12.0 Å². The Morgan fingerprint density at radius 3 is 1.37 bits per heavy atom. The van der Waals surface area contributed by atoms with Crippen molar-refractivity contribution >= 4 is 17.0 Å². The minimum Gasteiger partial charge on any atom is -0.484 e. The predicted octanol–water partition coefficient (Wildman–Crippen LogP) is 15.7. The van der Waals surface area contributed by atoms with Crippen LogP contribution in [0.1, 0.15) is 28.8 Å². The molecular weight excluding hydrogens is 829 g/mol. The summed E-state index contributed by atoms with van der Waals surface area (Å²) in [5.74, 6) is 2.73. The van der Waals surface area contributed by atoms with Crippen molar-refractivity contribution in [1.82, 2.24) is 19.5 Å². The molecule has 9 aromatic carbocycles. The molecule has 2 aromatic heterocycles. The van der Waals surface area contributed by atoms with Gasteiger partial charge in [-0.3, -0.25) is 0 Å². The van der Waals surface area contributed by atoms with E-state index in [4.69, 9.17) is 19.7 Å². The second-order valence-electron chi connectivity index (χ2n) is 17.5. The molecular formula is C63H42N4O. The number of aromatic nitrogens is 4. The molecule has 0 spiro atoms. The minimum atomic E-state index is -0.198. The molecule has 3 heterocycles. The van der Waals surface area contributed by atoms with E-state index in [0.29, 0.717) is 17.5 Å². The number of nitrogens with zero attached hydrogens (tertiary/aromatic N) is 4. The predicted molar refractivity (Wildman–Crippen MR) is 276 cm³/mol. The van der Waals surface area contributed by atoms with Crippen LogP contribution in [0.4, 0.5) is 0 Å². The van der Waals surface area contributed by atoms with E-state index in [1.54, 1.807) is 0 Å². The van der Waals surface area contributed by atoms with Gasteiger partial charge in [-0.25, -0.2) is 15.0 Å². The van der Waals surface area contributed by atoms with E-state index < -0.39 is 0 Å². The van der Waals surface area contributed by atoms with Crippen molar-refractivity contribution in [3.8, 4) is 90.1 Å². The van der Waals surface area contributed by atoms with Crippen LogP contribution in [-0.4, -0.2) is 19.5 Å². The van der Waals surface area contributed by atoms with Gasteiger partial charge in [0.15, 0.2) is 17.5 Å². The fourth-order valence-corrected chi connectivity index (χ4v) is 10.1. The largest absolute Gasteiger partial charge is 0.484 e. The summed E-state index contributed by atoms with van der Waals surface area (Å²) in [6.45, 7) is 0. The molecule has 0 saturated carbocycles. The molecule has 2 atom stereocenters.